The Labute approximate surface area is 178 Å². The third kappa shape index (κ3) is 6.32. The molecule has 3 rings (SSSR count). The van der Waals surface area contributed by atoms with Crippen LogP contribution in [0.3, 0.4) is 0 Å². The number of nitrogens with one attached hydrogen (secondary N) is 1. The molecule has 30 heavy (non-hydrogen) atoms. The van der Waals surface area contributed by atoms with Crippen molar-refractivity contribution in [3.05, 3.63) is 71.8 Å². The smallest absolute Gasteiger partial charge is 0.408 e. The van der Waals surface area contributed by atoms with Gasteiger partial charge >= 0.3 is 6.09 Å². The van der Waals surface area contributed by atoms with Crippen LogP contribution in [0, 0.1) is 0 Å². The maximum atomic E-state index is 13.2. The molecule has 1 aliphatic rings. The zero-order valence-electron chi connectivity index (χ0n) is 17.8. The molecule has 1 aliphatic heterocycles. The predicted octanol–water partition coefficient (Wildman–Crippen LogP) is 3.08. The highest BCUT2D eigenvalue weighted by Gasteiger charge is 2.30. The van der Waals surface area contributed by atoms with E-state index in [1.54, 1.807) is 0 Å². The molecule has 160 valence electrons. The van der Waals surface area contributed by atoms with Gasteiger partial charge in [0.1, 0.15) is 12.6 Å². The predicted molar refractivity (Wildman–Crippen MR) is 117 cm³/mol. The number of carbonyl (C=O) groups is 2. The SMILES string of the molecule is CN(C)C1CCN(C(=O)[C@H](Cc2ccccc2)NC(=O)OCc2ccccc2)CC1. The van der Waals surface area contributed by atoms with Crippen LogP contribution in [-0.4, -0.2) is 61.1 Å². The summed E-state index contributed by atoms with van der Waals surface area (Å²) in [7, 11) is 4.15. The number of carbonyl (C=O) groups excluding carboxylic acids is 2. The van der Waals surface area contributed by atoms with Crippen LogP contribution in [0.5, 0.6) is 0 Å². The number of nitrogens with zero attached hydrogens (tertiary/aromatic N) is 2. The lowest BCUT2D eigenvalue weighted by molar-refractivity contribution is -0.134. The molecule has 2 aromatic carbocycles. The second-order valence-electron chi connectivity index (χ2n) is 7.97. The number of hydrogen-bond donors (Lipinski definition) is 1. The molecule has 0 aliphatic carbocycles. The average Bonchev–Trinajstić information content (AvgIpc) is 2.78. The molecule has 2 amide bonds. The topological polar surface area (TPSA) is 61.9 Å². The Kier molecular flexibility index (Phi) is 7.85. The summed E-state index contributed by atoms with van der Waals surface area (Å²) in [6.45, 7) is 1.58. The molecule has 6 nitrogen and oxygen atoms in total. The molecule has 0 bridgehead atoms. The maximum absolute atomic E-state index is 13.2. The lowest BCUT2D eigenvalue weighted by Crippen LogP contribution is -2.53. The van der Waals surface area contributed by atoms with Crippen LogP contribution in [-0.2, 0) is 22.6 Å². The molecule has 0 spiro atoms. The molecule has 1 atom stereocenters. The third-order valence-electron chi connectivity index (χ3n) is 5.59. The molecule has 1 fully saturated rings. The summed E-state index contributed by atoms with van der Waals surface area (Å²) in [4.78, 5) is 29.7. The van der Waals surface area contributed by atoms with Gasteiger partial charge in [0, 0.05) is 25.6 Å². The Balaban J connectivity index is 1.62. The first-order valence-electron chi connectivity index (χ1n) is 10.5. The Morgan fingerprint density at radius 3 is 2.13 bits per heavy atom. The largest absolute Gasteiger partial charge is 0.445 e. The van der Waals surface area contributed by atoms with Gasteiger partial charge in [0.2, 0.25) is 5.91 Å². The molecule has 6 heteroatoms. The van der Waals surface area contributed by atoms with Crippen molar-refractivity contribution in [2.75, 3.05) is 27.2 Å². The van der Waals surface area contributed by atoms with E-state index < -0.39 is 12.1 Å². The summed E-state index contributed by atoms with van der Waals surface area (Å²) in [6, 6.07) is 19.1. The van der Waals surface area contributed by atoms with E-state index in [2.05, 4.69) is 24.3 Å². The Hall–Kier alpha value is -2.86. The molecular weight excluding hydrogens is 378 g/mol. The van der Waals surface area contributed by atoms with Crippen molar-refractivity contribution in [3.8, 4) is 0 Å². The van der Waals surface area contributed by atoms with Gasteiger partial charge in [0.05, 0.1) is 0 Å². The first-order valence-corrected chi connectivity index (χ1v) is 10.5. The van der Waals surface area contributed by atoms with Gasteiger partial charge in [0.25, 0.3) is 0 Å². The zero-order valence-corrected chi connectivity index (χ0v) is 17.8. The molecule has 1 N–H and O–H groups in total. The Bertz CT molecular complexity index is 803. The molecule has 0 aromatic heterocycles. The van der Waals surface area contributed by atoms with E-state index in [1.165, 1.54) is 0 Å². The average molecular weight is 410 g/mol. The van der Waals surface area contributed by atoms with Crippen LogP contribution in [0.15, 0.2) is 60.7 Å². The van der Waals surface area contributed by atoms with Crippen LogP contribution >= 0.6 is 0 Å². The van der Waals surface area contributed by atoms with Gasteiger partial charge in [-0.3, -0.25) is 4.79 Å². The molecule has 0 saturated carbocycles. The van der Waals surface area contributed by atoms with Crippen molar-refractivity contribution in [3.63, 3.8) is 0 Å². The van der Waals surface area contributed by atoms with Crippen LogP contribution in [0.2, 0.25) is 0 Å². The lowest BCUT2D eigenvalue weighted by Gasteiger charge is -2.36. The second kappa shape index (κ2) is 10.8. The third-order valence-corrected chi connectivity index (χ3v) is 5.59. The van der Waals surface area contributed by atoms with Gasteiger partial charge in [-0.2, -0.15) is 0 Å². The van der Waals surface area contributed by atoms with Crippen molar-refractivity contribution in [1.82, 2.24) is 15.1 Å². The summed E-state index contributed by atoms with van der Waals surface area (Å²) < 4.78 is 5.35. The number of rotatable bonds is 7. The fourth-order valence-corrected chi connectivity index (χ4v) is 3.78. The van der Waals surface area contributed by atoms with Gasteiger partial charge in [0.15, 0.2) is 0 Å². The molecular formula is C24H31N3O3. The van der Waals surface area contributed by atoms with Crippen molar-refractivity contribution in [2.24, 2.45) is 0 Å². The van der Waals surface area contributed by atoms with Crippen molar-refractivity contribution < 1.29 is 14.3 Å². The molecule has 0 unspecified atom stereocenters. The van der Waals surface area contributed by atoms with Gasteiger partial charge in [-0.25, -0.2) is 4.79 Å². The van der Waals surface area contributed by atoms with E-state index in [0.717, 1.165) is 24.0 Å². The highest BCUT2D eigenvalue weighted by atomic mass is 16.5. The number of likely N-dealkylation sites (tertiary alicyclic amines) is 1. The maximum Gasteiger partial charge on any atom is 0.408 e. The van der Waals surface area contributed by atoms with Crippen LogP contribution in [0.4, 0.5) is 4.79 Å². The number of alkyl carbamates (subject to hydrolysis) is 1. The highest BCUT2D eigenvalue weighted by Crippen LogP contribution is 2.16. The van der Waals surface area contributed by atoms with Crippen molar-refractivity contribution in [2.45, 2.75) is 38.0 Å². The zero-order chi connectivity index (χ0) is 21.3. The normalized spacial score (nSPS) is 15.6. The van der Waals surface area contributed by atoms with Crippen molar-refractivity contribution in [1.29, 1.82) is 0 Å². The summed E-state index contributed by atoms with van der Waals surface area (Å²) in [5.74, 6) is -0.0484. The standard InChI is InChI=1S/C24H31N3O3/c1-26(2)21-13-15-27(16-14-21)23(28)22(17-19-9-5-3-6-10-19)25-24(29)30-18-20-11-7-4-8-12-20/h3-12,21-22H,13-18H2,1-2H3,(H,25,29)/t22-/m0/s1. The number of amides is 2. The summed E-state index contributed by atoms with van der Waals surface area (Å²) in [5, 5.41) is 2.80. The summed E-state index contributed by atoms with van der Waals surface area (Å²) in [5.41, 5.74) is 1.91. The molecule has 2 aromatic rings. The quantitative estimate of drug-likeness (QED) is 0.763. The van der Waals surface area contributed by atoms with Crippen molar-refractivity contribution >= 4 is 12.0 Å². The molecule has 0 radical (unpaired) electrons. The van der Waals surface area contributed by atoms with Gasteiger partial charge in [-0.1, -0.05) is 60.7 Å². The minimum Gasteiger partial charge on any atom is -0.445 e. The summed E-state index contributed by atoms with van der Waals surface area (Å²) >= 11 is 0. The fraction of sp³-hybridized carbons (Fsp3) is 0.417. The first kappa shape index (κ1) is 21.8. The van der Waals surface area contributed by atoms with Gasteiger partial charge in [-0.05, 0) is 38.1 Å². The van der Waals surface area contributed by atoms with E-state index in [0.29, 0.717) is 25.6 Å². The molecule has 1 heterocycles. The minimum atomic E-state index is -0.647. The number of hydrogen-bond acceptors (Lipinski definition) is 4. The Morgan fingerprint density at radius 1 is 1.00 bits per heavy atom. The number of piperidine rings is 1. The summed E-state index contributed by atoms with van der Waals surface area (Å²) in [6.07, 6.45) is 1.74. The number of benzene rings is 2. The molecule has 1 saturated heterocycles. The fourth-order valence-electron chi connectivity index (χ4n) is 3.78. The monoisotopic (exact) mass is 409 g/mol. The van der Waals surface area contributed by atoms with E-state index in [4.69, 9.17) is 4.74 Å². The van der Waals surface area contributed by atoms with E-state index in [-0.39, 0.29) is 12.5 Å². The van der Waals surface area contributed by atoms with E-state index in [9.17, 15) is 9.59 Å². The van der Waals surface area contributed by atoms with E-state index in [1.807, 2.05) is 65.6 Å². The Morgan fingerprint density at radius 2 is 1.57 bits per heavy atom. The van der Waals surface area contributed by atoms with Gasteiger partial charge < -0.3 is 19.9 Å². The van der Waals surface area contributed by atoms with E-state index >= 15 is 0 Å². The lowest BCUT2D eigenvalue weighted by atomic mass is 10.0. The van der Waals surface area contributed by atoms with Crippen LogP contribution in [0.25, 0.3) is 0 Å². The minimum absolute atomic E-state index is 0.0484. The second-order valence-corrected chi connectivity index (χ2v) is 7.97. The highest BCUT2D eigenvalue weighted by molar-refractivity contribution is 5.86. The van der Waals surface area contributed by atoms with Crippen LogP contribution in [0.1, 0.15) is 24.0 Å². The van der Waals surface area contributed by atoms with Gasteiger partial charge in [-0.15, -0.1) is 0 Å². The number of ether oxygens (including phenoxy) is 1. The first-order chi connectivity index (χ1) is 14.5. The van der Waals surface area contributed by atoms with Crippen LogP contribution < -0.4 is 5.32 Å².